The maximum absolute atomic E-state index is 15.7. The Labute approximate surface area is 423 Å². The first-order chi connectivity index (χ1) is 34.4. The largest absolute Gasteiger partial charge is 0.455 e. The molecule has 3 fully saturated rings. The fraction of sp³-hybridized carbons (Fsp3) is 0.491. The van der Waals surface area contributed by atoms with Crippen LogP contribution in [0.5, 0.6) is 0 Å². The lowest BCUT2D eigenvalue weighted by atomic mass is 9.44. The highest BCUT2D eigenvalue weighted by atomic mass is 16.6. The number of rotatable bonds is 16. The fourth-order valence-corrected chi connectivity index (χ4v) is 11.3. The number of fused-ring (bicyclic) bond motifs is 5. The maximum atomic E-state index is 15.7. The smallest absolute Gasteiger partial charge is 0.350 e. The SMILES string of the molecule is CC(=O)O[C@H]1C(=O)[C@@]2(C)C([C@H](OC(=O)c3ccccc3)[C@]3(O)C[C@H](OC(=O)[C@H](OC(=O)CCC(N)C(=O)C(C)C)[C@@H](NC(=O)c4ccccc4)c4ccccc4)C(C)=C1C3(C)C)[C@]1(OC(C)=O)CO[C@@H]1C[C@@H]2O. The van der Waals surface area contributed by atoms with Crippen molar-refractivity contribution in [2.75, 3.05) is 6.61 Å². The van der Waals surface area contributed by atoms with Gasteiger partial charge >= 0.3 is 29.8 Å². The highest BCUT2D eigenvalue weighted by Gasteiger charge is 2.78. The number of ether oxygens (including phenoxy) is 6. The molecule has 2 bridgehead atoms. The number of benzene rings is 3. The maximum Gasteiger partial charge on any atom is 0.350 e. The lowest BCUT2D eigenvalue weighted by Gasteiger charge is -2.67. The number of amides is 1. The third-order valence-corrected chi connectivity index (χ3v) is 15.3. The summed E-state index contributed by atoms with van der Waals surface area (Å²) in [5.74, 6) is -8.88. The highest BCUT2D eigenvalue weighted by molar-refractivity contribution is 5.96. The van der Waals surface area contributed by atoms with Crippen LogP contribution < -0.4 is 11.1 Å². The van der Waals surface area contributed by atoms with E-state index in [1.54, 1.807) is 80.6 Å². The summed E-state index contributed by atoms with van der Waals surface area (Å²) in [6.07, 6.45) is -11.5. The molecule has 0 radical (unpaired) electrons. The number of carbonyl (C=O) groups is 8. The molecule has 18 nitrogen and oxygen atoms in total. The zero-order valence-electron chi connectivity index (χ0n) is 42.2. The summed E-state index contributed by atoms with van der Waals surface area (Å²) in [4.78, 5) is 113. The first-order valence-electron chi connectivity index (χ1n) is 24.4. The van der Waals surface area contributed by atoms with Gasteiger partial charge in [0.15, 0.2) is 23.3 Å². The summed E-state index contributed by atoms with van der Waals surface area (Å²) >= 11 is 0. The summed E-state index contributed by atoms with van der Waals surface area (Å²) < 4.78 is 36.8. The first kappa shape index (κ1) is 54.2. The molecule has 1 saturated heterocycles. The minimum atomic E-state index is -2.49. The molecule has 18 heteroatoms. The van der Waals surface area contributed by atoms with Crippen molar-refractivity contribution >= 4 is 47.3 Å². The molecule has 12 atom stereocenters. The lowest BCUT2D eigenvalue weighted by molar-refractivity contribution is -0.346. The van der Waals surface area contributed by atoms with Crippen molar-refractivity contribution in [2.45, 2.75) is 141 Å². The van der Waals surface area contributed by atoms with Crippen molar-refractivity contribution < 1.29 is 77.0 Å². The van der Waals surface area contributed by atoms with Crippen LogP contribution in [0.15, 0.2) is 102 Å². The average Bonchev–Trinajstić information content (AvgIpc) is 3.35. The Morgan fingerprint density at radius 2 is 1.42 bits per heavy atom. The second kappa shape index (κ2) is 21.1. The zero-order valence-corrected chi connectivity index (χ0v) is 42.2. The van der Waals surface area contributed by atoms with Crippen molar-refractivity contribution in [3.05, 3.63) is 119 Å². The predicted molar refractivity (Wildman–Crippen MR) is 259 cm³/mol. The van der Waals surface area contributed by atoms with Gasteiger partial charge in [0.05, 0.1) is 35.6 Å². The number of aliphatic hydroxyl groups is 2. The average molecular weight is 1010 g/mol. The third-order valence-electron chi connectivity index (χ3n) is 15.3. The normalized spacial score (nSPS) is 29.2. The van der Waals surface area contributed by atoms with Gasteiger partial charge in [-0.25, -0.2) is 9.59 Å². The summed E-state index contributed by atoms with van der Waals surface area (Å²) in [5, 5.41) is 29.0. The van der Waals surface area contributed by atoms with Crippen LogP contribution in [-0.2, 0) is 57.2 Å². The number of ketones is 2. The molecule has 2 saturated carbocycles. The van der Waals surface area contributed by atoms with Crippen LogP contribution in [0.4, 0.5) is 0 Å². The van der Waals surface area contributed by atoms with E-state index in [2.05, 4.69) is 5.32 Å². The van der Waals surface area contributed by atoms with Crippen LogP contribution >= 0.6 is 0 Å². The summed E-state index contributed by atoms with van der Waals surface area (Å²) in [6.45, 7) is 11.1. The van der Waals surface area contributed by atoms with Crippen molar-refractivity contribution in [2.24, 2.45) is 28.4 Å². The van der Waals surface area contributed by atoms with E-state index >= 15 is 9.59 Å². The van der Waals surface area contributed by atoms with Gasteiger partial charge < -0.3 is 49.7 Å². The molecule has 4 aliphatic rings. The van der Waals surface area contributed by atoms with Crippen LogP contribution in [0.1, 0.15) is 113 Å². The number of aliphatic hydroxyl groups excluding tert-OH is 1. The minimum absolute atomic E-state index is 0.0329. The molecular formula is C55H64N2O16. The van der Waals surface area contributed by atoms with E-state index in [1.165, 1.54) is 52.0 Å². The molecule has 7 rings (SSSR count). The van der Waals surface area contributed by atoms with Gasteiger partial charge in [-0.05, 0) is 61.2 Å². The fourth-order valence-electron chi connectivity index (χ4n) is 11.3. The van der Waals surface area contributed by atoms with Crippen molar-refractivity contribution in [1.29, 1.82) is 0 Å². The van der Waals surface area contributed by atoms with Gasteiger partial charge in [0, 0.05) is 50.0 Å². The molecule has 5 N–H and O–H groups in total. The van der Waals surface area contributed by atoms with E-state index < -0.39 is 137 Å². The van der Waals surface area contributed by atoms with Crippen LogP contribution in [0.2, 0.25) is 0 Å². The summed E-state index contributed by atoms with van der Waals surface area (Å²) in [5.41, 5.74) is -1.47. The second-order valence-electron chi connectivity index (χ2n) is 20.5. The van der Waals surface area contributed by atoms with E-state index in [1.807, 2.05) is 0 Å². The summed E-state index contributed by atoms with van der Waals surface area (Å²) in [6, 6.07) is 21.5. The third kappa shape index (κ3) is 10.1. The number of nitrogens with one attached hydrogen (secondary N) is 1. The van der Waals surface area contributed by atoms with E-state index in [4.69, 9.17) is 34.2 Å². The number of carbonyl (C=O) groups excluding carboxylic acids is 8. The van der Waals surface area contributed by atoms with Crippen molar-refractivity contribution in [1.82, 2.24) is 5.32 Å². The quantitative estimate of drug-likeness (QED) is 0.0866. The second-order valence-corrected chi connectivity index (χ2v) is 20.5. The first-order valence-corrected chi connectivity index (χ1v) is 24.4. The van der Waals surface area contributed by atoms with Crippen LogP contribution in [-0.4, -0.2) is 118 Å². The van der Waals surface area contributed by atoms with Gasteiger partial charge in [0.1, 0.15) is 30.0 Å². The topological polar surface area (TPSA) is 270 Å². The summed E-state index contributed by atoms with van der Waals surface area (Å²) in [7, 11) is 0. The Balaban J connectivity index is 1.40. The molecule has 390 valence electrons. The van der Waals surface area contributed by atoms with Crippen LogP contribution in [0, 0.1) is 22.7 Å². The van der Waals surface area contributed by atoms with Gasteiger partial charge in [0.25, 0.3) is 5.91 Å². The highest BCUT2D eigenvalue weighted by Crippen LogP contribution is 2.64. The van der Waals surface area contributed by atoms with Gasteiger partial charge in [-0.15, -0.1) is 0 Å². The Bertz CT molecular complexity index is 2660. The van der Waals surface area contributed by atoms with Gasteiger partial charge in [-0.3, -0.25) is 28.8 Å². The monoisotopic (exact) mass is 1010 g/mol. The van der Waals surface area contributed by atoms with Crippen molar-refractivity contribution in [3.63, 3.8) is 0 Å². The molecule has 1 amide bonds. The Morgan fingerprint density at radius 3 is 1.97 bits per heavy atom. The molecule has 0 aromatic heterocycles. The number of hydrogen-bond acceptors (Lipinski definition) is 17. The lowest BCUT2D eigenvalue weighted by Crippen LogP contribution is -2.82. The molecule has 1 aliphatic heterocycles. The molecule has 1 heterocycles. The molecule has 2 unspecified atom stereocenters. The predicted octanol–water partition coefficient (Wildman–Crippen LogP) is 4.62. The van der Waals surface area contributed by atoms with Crippen molar-refractivity contribution in [3.8, 4) is 0 Å². The zero-order chi connectivity index (χ0) is 53.4. The van der Waals surface area contributed by atoms with E-state index in [0.717, 1.165) is 13.8 Å². The number of nitrogens with two attached hydrogens (primary N) is 1. The van der Waals surface area contributed by atoms with E-state index in [9.17, 15) is 39.0 Å². The molecule has 3 aromatic rings. The van der Waals surface area contributed by atoms with E-state index in [0.29, 0.717) is 5.56 Å². The van der Waals surface area contributed by atoms with Gasteiger partial charge in [0.2, 0.25) is 6.10 Å². The molecular weight excluding hydrogens is 945 g/mol. The number of Topliss-reactive ketones (excluding diaryl/α,β-unsaturated/α-hetero) is 2. The van der Waals surface area contributed by atoms with Gasteiger partial charge in [-0.1, -0.05) is 94.4 Å². The van der Waals surface area contributed by atoms with Crippen LogP contribution in [0.3, 0.4) is 0 Å². The standard InChI is InChI=1S/C55H64N2O16/c1-29(2)43(62)36(56)24-25-40(61)71-45(42(33-18-12-9-13-19-33)57-49(64)34-20-14-10-15-21-34)51(66)70-37-27-55(67)48(72-50(65)35-22-16-11-17-23-35)46-53(8,38(60)26-39-54(46,28-68-39)73-32(5)59)47(63)44(69-31(4)58)41(30(37)3)52(55,6)7/h9-23,29,36-39,42,44-46,48,60,67H,24-28,56H2,1-8H3,(H,57,64)/t36?,37-,38-,39+,42-,44+,45+,46?,48-,53+,54-,55+/m0/s1. The Kier molecular flexibility index (Phi) is 15.7. The molecule has 3 aliphatic carbocycles. The van der Waals surface area contributed by atoms with E-state index in [-0.39, 0.29) is 47.5 Å². The Hall–Kier alpha value is -6.60. The van der Waals surface area contributed by atoms with Gasteiger partial charge in [-0.2, -0.15) is 0 Å². The Morgan fingerprint density at radius 1 is 0.836 bits per heavy atom. The minimum Gasteiger partial charge on any atom is -0.455 e. The number of hydrogen-bond donors (Lipinski definition) is 4. The molecule has 73 heavy (non-hydrogen) atoms. The number of esters is 5. The van der Waals surface area contributed by atoms with Crippen LogP contribution in [0.25, 0.3) is 0 Å². The molecule has 0 spiro atoms. The molecule has 3 aromatic carbocycles.